The molecule has 116 valence electrons. The Morgan fingerprint density at radius 1 is 1.38 bits per heavy atom. The highest BCUT2D eigenvalue weighted by molar-refractivity contribution is 5.94. The predicted octanol–water partition coefficient (Wildman–Crippen LogP) is 3.90. The zero-order valence-corrected chi connectivity index (χ0v) is 13.6. The van der Waals surface area contributed by atoms with E-state index in [1.54, 1.807) is 0 Å². The van der Waals surface area contributed by atoms with Gasteiger partial charge in [0, 0.05) is 24.7 Å². The molecule has 0 radical (unpaired) electrons. The molecule has 21 heavy (non-hydrogen) atoms. The Morgan fingerprint density at radius 3 is 2.86 bits per heavy atom. The number of benzene rings is 1. The quantitative estimate of drug-likeness (QED) is 0.891. The van der Waals surface area contributed by atoms with Gasteiger partial charge in [0.2, 0.25) is 5.91 Å². The Bertz CT molecular complexity index is 470. The van der Waals surface area contributed by atoms with Gasteiger partial charge < -0.3 is 10.2 Å². The average Bonchev–Trinajstić information content (AvgIpc) is 2.65. The Balaban J connectivity index is 2.22. The number of hydrogen-bond donors (Lipinski definition) is 1. The third kappa shape index (κ3) is 4.07. The molecule has 1 aromatic rings. The van der Waals surface area contributed by atoms with Crippen LogP contribution >= 0.6 is 0 Å². The number of carbonyl (C=O) groups excluding carboxylic acids is 1. The summed E-state index contributed by atoms with van der Waals surface area (Å²) < 4.78 is 0. The first-order valence-electron chi connectivity index (χ1n) is 8.26. The van der Waals surface area contributed by atoms with Crippen LogP contribution in [0.4, 0.5) is 5.69 Å². The topological polar surface area (TPSA) is 32.3 Å². The van der Waals surface area contributed by atoms with Crippen LogP contribution in [0.15, 0.2) is 24.3 Å². The number of para-hydroxylation sites is 1. The molecule has 0 aliphatic carbocycles. The number of rotatable bonds is 5. The van der Waals surface area contributed by atoms with Crippen molar-refractivity contribution in [3.8, 4) is 0 Å². The fourth-order valence-corrected chi connectivity index (χ4v) is 3.02. The van der Waals surface area contributed by atoms with E-state index in [0.29, 0.717) is 18.4 Å². The summed E-state index contributed by atoms with van der Waals surface area (Å²) in [5.41, 5.74) is 2.38. The minimum absolute atomic E-state index is 0.272. The second-order valence-electron chi connectivity index (χ2n) is 6.29. The summed E-state index contributed by atoms with van der Waals surface area (Å²) in [6, 6.07) is 8.74. The van der Waals surface area contributed by atoms with Crippen LogP contribution in [0, 0.1) is 5.92 Å². The Morgan fingerprint density at radius 2 is 2.14 bits per heavy atom. The lowest BCUT2D eigenvalue weighted by molar-refractivity contribution is -0.118. The van der Waals surface area contributed by atoms with Crippen LogP contribution in [0.5, 0.6) is 0 Å². The van der Waals surface area contributed by atoms with E-state index < -0.39 is 0 Å². The van der Waals surface area contributed by atoms with Gasteiger partial charge in [-0.15, -0.1) is 0 Å². The van der Waals surface area contributed by atoms with Gasteiger partial charge in [-0.2, -0.15) is 0 Å². The molecule has 1 N–H and O–H groups in total. The lowest BCUT2D eigenvalue weighted by Gasteiger charge is -2.24. The highest BCUT2D eigenvalue weighted by Gasteiger charge is 2.25. The largest absolute Gasteiger partial charge is 0.312 e. The van der Waals surface area contributed by atoms with Crippen LogP contribution in [0.25, 0.3) is 0 Å². The Labute approximate surface area is 128 Å². The smallest absolute Gasteiger partial charge is 0.226 e. The van der Waals surface area contributed by atoms with Crippen molar-refractivity contribution in [2.24, 2.45) is 5.92 Å². The molecule has 0 saturated heterocycles. The molecule has 0 spiro atoms. The maximum Gasteiger partial charge on any atom is 0.226 e. The van der Waals surface area contributed by atoms with Crippen LogP contribution in [0.3, 0.4) is 0 Å². The average molecular weight is 288 g/mol. The molecule has 3 nitrogen and oxygen atoms in total. The van der Waals surface area contributed by atoms with Crippen LogP contribution in [0.1, 0.15) is 58.1 Å². The van der Waals surface area contributed by atoms with Crippen LogP contribution in [-0.4, -0.2) is 19.0 Å². The summed E-state index contributed by atoms with van der Waals surface area (Å²) >= 11 is 0. The Hall–Kier alpha value is -1.35. The molecule has 1 aliphatic heterocycles. The number of hydrogen-bond acceptors (Lipinski definition) is 2. The first-order chi connectivity index (χ1) is 10.1. The van der Waals surface area contributed by atoms with Gasteiger partial charge in [0.05, 0.1) is 0 Å². The van der Waals surface area contributed by atoms with E-state index >= 15 is 0 Å². The number of carbonyl (C=O) groups is 1. The summed E-state index contributed by atoms with van der Waals surface area (Å²) in [6.07, 6.45) is 3.77. The first kappa shape index (κ1) is 16.0. The van der Waals surface area contributed by atoms with E-state index in [2.05, 4.69) is 44.3 Å². The monoisotopic (exact) mass is 288 g/mol. The predicted molar refractivity (Wildman–Crippen MR) is 88.5 cm³/mol. The lowest BCUT2D eigenvalue weighted by Crippen LogP contribution is -2.31. The summed E-state index contributed by atoms with van der Waals surface area (Å²) in [5, 5.41) is 3.55. The summed E-state index contributed by atoms with van der Waals surface area (Å²) in [6.45, 7) is 8.28. The van der Waals surface area contributed by atoms with E-state index in [-0.39, 0.29) is 5.91 Å². The van der Waals surface area contributed by atoms with Crippen molar-refractivity contribution in [3.63, 3.8) is 0 Å². The number of nitrogens with zero attached hydrogens (tertiary/aromatic N) is 1. The van der Waals surface area contributed by atoms with Gasteiger partial charge in [-0.05, 0) is 43.4 Å². The zero-order valence-electron chi connectivity index (χ0n) is 13.6. The fraction of sp³-hybridized carbons (Fsp3) is 0.611. The van der Waals surface area contributed by atoms with Crippen LogP contribution in [-0.2, 0) is 4.79 Å². The maximum absolute atomic E-state index is 12.6. The van der Waals surface area contributed by atoms with Crippen molar-refractivity contribution in [1.82, 2.24) is 5.32 Å². The van der Waals surface area contributed by atoms with E-state index in [1.807, 2.05) is 11.0 Å². The molecule has 1 aromatic carbocycles. The van der Waals surface area contributed by atoms with E-state index in [1.165, 1.54) is 5.56 Å². The molecule has 0 saturated carbocycles. The first-order valence-corrected chi connectivity index (χ1v) is 8.26. The maximum atomic E-state index is 12.6. The molecular formula is C18H28N2O. The molecule has 2 rings (SSSR count). The summed E-state index contributed by atoms with van der Waals surface area (Å²) in [5.74, 6) is 0.846. The molecule has 0 fully saturated rings. The van der Waals surface area contributed by atoms with E-state index in [0.717, 1.165) is 38.0 Å². The van der Waals surface area contributed by atoms with Gasteiger partial charge in [-0.1, -0.05) is 39.0 Å². The summed E-state index contributed by atoms with van der Waals surface area (Å²) in [7, 11) is 0. The zero-order chi connectivity index (χ0) is 15.2. The van der Waals surface area contributed by atoms with Gasteiger partial charge in [-0.3, -0.25) is 4.79 Å². The van der Waals surface area contributed by atoms with Gasteiger partial charge >= 0.3 is 0 Å². The van der Waals surface area contributed by atoms with Gasteiger partial charge in [-0.25, -0.2) is 0 Å². The number of fused-ring (bicyclic) bond motifs is 1. The second kappa shape index (κ2) is 7.60. The van der Waals surface area contributed by atoms with Crippen molar-refractivity contribution in [2.75, 3.05) is 18.0 Å². The lowest BCUT2D eigenvalue weighted by atomic mass is 10.0. The standard InChI is InChI=1S/C18H28N2O/c1-4-19-16-9-7-13-20(18(21)12-11-14(2)3)17-10-6-5-8-15(16)17/h5-6,8,10,14,16,19H,4,7,9,11-13H2,1-3H3. The molecule has 0 aromatic heterocycles. The third-order valence-corrected chi connectivity index (χ3v) is 4.16. The van der Waals surface area contributed by atoms with Crippen LogP contribution < -0.4 is 10.2 Å². The van der Waals surface area contributed by atoms with Gasteiger partial charge in [0.1, 0.15) is 0 Å². The van der Waals surface area contributed by atoms with Crippen molar-refractivity contribution < 1.29 is 4.79 Å². The van der Waals surface area contributed by atoms with Gasteiger partial charge in [0.15, 0.2) is 0 Å². The van der Waals surface area contributed by atoms with Crippen molar-refractivity contribution in [2.45, 2.75) is 52.5 Å². The molecule has 1 unspecified atom stereocenters. The summed E-state index contributed by atoms with van der Waals surface area (Å²) in [4.78, 5) is 14.6. The molecule has 0 bridgehead atoms. The molecule has 1 amide bonds. The van der Waals surface area contributed by atoms with Crippen molar-refractivity contribution in [1.29, 1.82) is 0 Å². The molecule has 3 heteroatoms. The minimum atomic E-state index is 0.272. The molecule has 1 heterocycles. The third-order valence-electron chi connectivity index (χ3n) is 4.16. The van der Waals surface area contributed by atoms with Crippen LogP contribution in [0.2, 0.25) is 0 Å². The Kier molecular flexibility index (Phi) is 5.80. The molecule has 1 aliphatic rings. The highest BCUT2D eigenvalue weighted by atomic mass is 16.2. The normalized spacial score (nSPS) is 18.5. The van der Waals surface area contributed by atoms with Crippen molar-refractivity contribution >= 4 is 11.6 Å². The number of amides is 1. The highest BCUT2D eigenvalue weighted by Crippen LogP contribution is 2.33. The van der Waals surface area contributed by atoms with Crippen molar-refractivity contribution in [3.05, 3.63) is 29.8 Å². The molecule has 1 atom stereocenters. The van der Waals surface area contributed by atoms with Gasteiger partial charge in [0.25, 0.3) is 0 Å². The SMILES string of the molecule is CCNC1CCCN(C(=O)CCC(C)C)c2ccccc21. The van der Waals surface area contributed by atoms with E-state index in [4.69, 9.17) is 0 Å². The fourth-order valence-electron chi connectivity index (χ4n) is 3.02. The second-order valence-corrected chi connectivity index (χ2v) is 6.29. The number of nitrogens with one attached hydrogen (secondary N) is 1. The minimum Gasteiger partial charge on any atom is -0.312 e. The molecular weight excluding hydrogens is 260 g/mol. The van der Waals surface area contributed by atoms with E-state index in [9.17, 15) is 4.79 Å². The number of anilines is 1.